The van der Waals surface area contributed by atoms with Gasteiger partial charge in [-0.05, 0) is 17.1 Å². The first kappa shape index (κ1) is 15.1. The van der Waals surface area contributed by atoms with Gasteiger partial charge >= 0.3 is 0 Å². The van der Waals surface area contributed by atoms with Crippen LogP contribution in [0.15, 0.2) is 41.2 Å². The van der Waals surface area contributed by atoms with E-state index >= 15 is 0 Å². The Kier molecular flexibility index (Phi) is 5.61. The van der Waals surface area contributed by atoms with Crippen molar-refractivity contribution >= 4 is 29.6 Å². The molecule has 5 heteroatoms. The second-order valence-electron chi connectivity index (χ2n) is 3.92. The summed E-state index contributed by atoms with van der Waals surface area (Å²) in [5.41, 5.74) is 2.10. The van der Waals surface area contributed by atoms with Gasteiger partial charge in [-0.3, -0.25) is 0 Å². The van der Waals surface area contributed by atoms with E-state index in [1.54, 1.807) is 23.5 Å². The summed E-state index contributed by atoms with van der Waals surface area (Å²) in [7, 11) is 0. The summed E-state index contributed by atoms with van der Waals surface area (Å²) in [5.74, 6) is 2.65. The number of nitrogens with zero attached hydrogens (tertiary/aromatic N) is 3. The van der Waals surface area contributed by atoms with Gasteiger partial charge in [-0.15, -0.1) is 0 Å². The smallest absolute Gasteiger partial charge is 0.192 e. The average molecular weight is 303 g/mol. The van der Waals surface area contributed by atoms with E-state index < -0.39 is 0 Å². The lowest BCUT2D eigenvalue weighted by atomic mass is 10.1. The van der Waals surface area contributed by atoms with Gasteiger partial charge in [0.15, 0.2) is 16.1 Å². The predicted molar refractivity (Wildman–Crippen MR) is 88.2 cm³/mol. The van der Waals surface area contributed by atoms with Crippen LogP contribution in [0.4, 0.5) is 0 Å². The van der Waals surface area contributed by atoms with E-state index in [-0.39, 0.29) is 0 Å². The Labute approximate surface area is 128 Å². The van der Waals surface area contributed by atoms with Crippen LogP contribution >= 0.6 is 23.5 Å². The van der Waals surface area contributed by atoms with E-state index in [1.165, 1.54) is 0 Å². The quantitative estimate of drug-likeness (QED) is 0.739. The van der Waals surface area contributed by atoms with Crippen molar-refractivity contribution in [2.75, 3.05) is 11.5 Å². The Bertz CT molecular complexity index is 558. The van der Waals surface area contributed by atoms with Gasteiger partial charge in [0.25, 0.3) is 0 Å². The molecule has 0 amide bonds. The molecule has 0 saturated heterocycles. The predicted octanol–water partition coefficient (Wildman–Crippen LogP) is 4.41. The Hall–Kier alpha value is -1.33. The number of thioether (sulfide) groups is 2. The van der Waals surface area contributed by atoms with Crippen molar-refractivity contribution in [3.05, 3.63) is 36.4 Å². The highest BCUT2D eigenvalue weighted by molar-refractivity contribution is 7.99. The molecule has 0 aliphatic carbocycles. The highest BCUT2D eigenvalue weighted by Gasteiger charge is 2.08. The summed E-state index contributed by atoms with van der Waals surface area (Å²) in [6.45, 7) is 7.96. The van der Waals surface area contributed by atoms with Crippen molar-refractivity contribution in [2.45, 2.75) is 24.2 Å². The SMILES string of the molecule is C=Cc1ccc(-c2nc(SCC)nc(SCC)n2)cc1. The molecule has 2 aromatic rings. The van der Waals surface area contributed by atoms with Crippen molar-refractivity contribution in [1.82, 2.24) is 15.0 Å². The van der Waals surface area contributed by atoms with Gasteiger partial charge in [-0.25, -0.2) is 9.97 Å². The van der Waals surface area contributed by atoms with Gasteiger partial charge in [-0.2, -0.15) is 4.98 Å². The first-order valence-corrected chi connectivity index (χ1v) is 8.48. The third kappa shape index (κ3) is 3.84. The van der Waals surface area contributed by atoms with Crippen LogP contribution in [0, 0.1) is 0 Å². The minimum atomic E-state index is 0.738. The molecule has 0 N–H and O–H groups in total. The fourth-order valence-corrected chi connectivity index (χ4v) is 2.80. The molecule has 0 fully saturated rings. The highest BCUT2D eigenvalue weighted by Crippen LogP contribution is 2.23. The van der Waals surface area contributed by atoms with Crippen LogP contribution in [-0.4, -0.2) is 26.5 Å². The molecule has 2 rings (SSSR count). The number of hydrogen-bond acceptors (Lipinski definition) is 5. The molecule has 0 aliphatic rings. The van der Waals surface area contributed by atoms with Crippen LogP contribution in [0.3, 0.4) is 0 Å². The van der Waals surface area contributed by atoms with Crippen LogP contribution in [0.25, 0.3) is 17.5 Å². The van der Waals surface area contributed by atoms with Gasteiger partial charge in [0, 0.05) is 5.56 Å². The Morgan fingerprint density at radius 1 is 0.950 bits per heavy atom. The van der Waals surface area contributed by atoms with Gasteiger partial charge in [0.2, 0.25) is 0 Å². The summed E-state index contributed by atoms with van der Waals surface area (Å²) in [6.07, 6.45) is 1.83. The number of benzene rings is 1. The number of aromatic nitrogens is 3. The monoisotopic (exact) mass is 303 g/mol. The van der Waals surface area contributed by atoms with Gasteiger partial charge in [0.05, 0.1) is 0 Å². The zero-order valence-corrected chi connectivity index (χ0v) is 13.3. The van der Waals surface area contributed by atoms with Crippen LogP contribution in [-0.2, 0) is 0 Å². The van der Waals surface area contributed by atoms with E-state index in [4.69, 9.17) is 0 Å². The summed E-state index contributed by atoms with van der Waals surface area (Å²) in [6, 6.07) is 8.08. The van der Waals surface area contributed by atoms with Gasteiger partial charge in [0.1, 0.15) is 0 Å². The van der Waals surface area contributed by atoms with Gasteiger partial charge in [-0.1, -0.05) is 74.3 Å². The summed E-state index contributed by atoms with van der Waals surface area (Å²) in [4.78, 5) is 13.5. The van der Waals surface area contributed by atoms with Crippen molar-refractivity contribution in [2.24, 2.45) is 0 Å². The second kappa shape index (κ2) is 7.45. The van der Waals surface area contributed by atoms with Crippen LogP contribution in [0.5, 0.6) is 0 Å². The molecule has 0 radical (unpaired) electrons. The Morgan fingerprint density at radius 3 is 1.95 bits per heavy atom. The number of rotatable bonds is 6. The molecule has 1 aromatic heterocycles. The molecule has 0 atom stereocenters. The lowest BCUT2D eigenvalue weighted by Gasteiger charge is -2.06. The maximum atomic E-state index is 4.53. The molecule has 0 aliphatic heterocycles. The first-order valence-electron chi connectivity index (χ1n) is 6.51. The van der Waals surface area contributed by atoms with E-state index in [2.05, 4.69) is 35.4 Å². The molecule has 1 aromatic carbocycles. The topological polar surface area (TPSA) is 38.7 Å². The van der Waals surface area contributed by atoms with E-state index in [0.717, 1.165) is 38.8 Å². The molecule has 0 bridgehead atoms. The summed E-state index contributed by atoms with van der Waals surface area (Å²) in [5, 5.41) is 1.59. The van der Waals surface area contributed by atoms with E-state index in [1.807, 2.05) is 30.3 Å². The van der Waals surface area contributed by atoms with Crippen molar-refractivity contribution in [3.63, 3.8) is 0 Å². The third-order valence-electron chi connectivity index (χ3n) is 2.55. The highest BCUT2D eigenvalue weighted by atomic mass is 32.2. The fourth-order valence-electron chi connectivity index (χ4n) is 1.62. The van der Waals surface area contributed by atoms with E-state index in [0.29, 0.717) is 0 Å². The third-order valence-corrected chi connectivity index (χ3v) is 4.00. The number of hydrogen-bond donors (Lipinski definition) is 0. The molecule has 104 valence electrons. The van der Waals surface area contributed by atoms with E-state index in [9.17, 15) is 0 Å². The van der Waals surface area contributed by atoms with Crippen LogP contribution in [0.1, 0.15) is 19.4 Å². The molecule has 3 nitrogen and oxygen atoms in total. The summed E-state index contributed by atoms with van der Waals surface area (Å²) >= 11 is 3.28. The Balaban J connectivity index is 2.39. The fraction of sp³-hybridized carbons (Fsp3) is 0.267. The molecular formula is C15H17N3S2. The van der Waals surface area contributed by atoms with Crippen molar-refractivity contribution in [1.29, 1.82) is 0 Å². The zero-order valence-electron chi connectivity index (χ0n) is 11.7. The largest absolute Gasteiger partial charge is 0.202 e. The van der Waals surface area contributed by atoms with Crippen LogP contribution in [0.2, 0.25) is 0 Å². The first-order chi connectivity index (χ1) is 9.76. The molecule has 1 heterocycles. The van der Waals surface area contributed by atoms with Gasteiger partial charge < -0.3 is 0 Å². The lowest BCUT2D eigenvalue weighted by Crippen LogP contribution is -1.98. The lowest BCUT2D eigenvalue weighted by molar-refractivity contribution is 0.810. The zero-order chi connectivity index (χ0) is 14.4. The second-order valence-corrected chi connectivity index (χ2v) is 6.38. The summed E-state index contributed by atoms with van der Waals surface area (Å²) < 4.78 is 0. The molecule has 0 spiro atoms. The normalized spacial score (nSPS) is 10.5. The molecule has 0 saturated carbocycles. The Morgan fingerprint density at radius 2 is 1.50 bits per heavy atom. The molecule has 20 heavy (non-hydrogen) atoms. The average Bonchev–Trinajstić information content (AvgIpc) is 2.48. The van der Waals surface area contributed by atoms with Crippen LogP contribution < -0.4 is 0 Å². The molecule has 0 unspecified atom stereocenters. The minimum absolute atomic E-state index is 0.738. The standard InChI is InChI=1S/C15H17N3S2/c1-4-11-7-9-12(10-8-11)13-16-14(19-5-2)18-15(17-13)20-6-3/h4,7-10H,1,5-6H2,2-3H3. The maximum Gasteiger partial charge on any atom is 0.192 e. The maximum absolute atomic E-state index is 4.53. The molecular weight excluding hydrogens is 286 g/mol. The minimum Gasteiger partial charge on any atom is -0.202 e. The van der Waals surface area contributed by atoms with Crippen molar-refractivity contribution in [3.8, 4) is 11.4 Å². The van der Waals surface area contributed by atoms with Crippen molar-refractivity contribution < 1.29 is 0 Å².